The van der Waals surface area contributed by atoms with E-state index in [1.165, 1.54) is 12.1 Å². The Morgan fingerprint density at radius 1 is 0.906 bits per heavy atom. The first-order chi connectivity index (χ1) is 15.4. The summed E-state index contributed by atoms with van der Waals surface area (Å²) < 4.78 is 46.3. The Morgan fingerprint density at radius 2 is 1.53 bits per heavy atom. The quantitative estimate of drug-likeness (QED) is 0.327. The SMILES string of the molecule is CCOC(=O)c1c2ccccc2n2/c(=C\c3ccc(C(F)(F)F)cc3)c3ccccc3c12. The fourth-order valence-corrected chi connectivity index (χ4v) is 4.26. The molecule has 5 aromatic rings. The van der Waals surface area contributed by atoms with Crippen LogP contribution in [0.1, 0.15) is 28.4 Å². The van der Waals surface area contributed by atoms with Gasteiger partial charge < -0.3 is 9.14 Å². The first kappa shape index (κ1) is 20.1. The van der Waals surface area contributed by atoms with Crippen molar-refractivity contribution in [3.8, 4) is 0 Å². The summed E-state index contributed by atoms with van der Waals surface area (Å²) in [5.74, 6) is -0.400. The van der Waals surface area contributed by atoms with Crippen LogP contribution in [-0.2, 0) is 10.9 Å². The molecule has 0 unspecified atom stereocenters. The Hall–Kier alpha value is -3.80. The number of ether oxygens (including phenoxy) is 1. The summed E-state index contributed by atoms with van der Waals surface area (Å²) in [6.45, 7) is 2.02. The Balaban J connectivity index is 1.88. The van der Waals surface area contributed by atoms with Gasteiger partial charge in [0.15, 0.2) is 0 Å². The van der Waals surface area contributed by atoms with Gasteiger partial charge in [0.1, 0.15) is 0 Å². The monoisotopic (exact) mass is 433 g/mol. The van der Waals surface area contributed by atoms with Crippen LogP contribution in [0, 0.1) is 0 Å². The Morgan fingerprint density at radius 3 is 2.19 bits per heavy atom. The molecule has 0 atom stereocenters. The number of esters is 1. The molecule has 0 N–H and O–H groups in total. The number of halogens is 3. The third-order valence-corrected chi connectivity index (χ3v) is 5.59. The normalized spacial score (nSPS) is 12.8. The van der Waals surface area contributed by atoms with Crippen molar-refractivity contribution in [2.45, 2.75) is 13.1 Å². The van der Waals surface area contributed by atoms with Gasteiger partial charge in [-0.05, 0) is 36.8 Å². The molecule has 0 spiro atoms. The highest BCUT2D eigenvalue weighted by atomic mass is 19.4. The number of fused-ring (bicyclic) bond motifs is 5. The number of nitrogens with zero attached hydrogens (tertiary/aromatic N) is 1. The van der Waals surface area contributed by atoms with Crippen LogP contribution in [0.15, 0.2) is 72.8 Å². The zero-order chi connectivity index (χ0) is 22.5. The maximum absolute atomic E-state index is 13.0. The highest BCUT2D eigenvalue weighted by molar-refractivity contribution is 6.19. The number of para-hydroxylation sites is 1. The summed E-state index contributed by atoms with van der Waals surface area (Å²) in [4.78, 5) is 12.9. The van der Waals surface area contributed by atoms with Gasteiger partial charge in [-0.1, -0.05) is 54.6 Å². The highest BCUT2D eigenvalue weighted by Crippen LogP contribution is 2.33. The Kier molecular flexibility index (Phi) is 4.66. The van der Waals surface area contributed by atoms with Crippen molar-refractivity contribution in [2.75, 3.05) is 6.61 Å². The molecule has 3 nitrogen and oxygen atoms in total. The number of rotatable bonds is 3. The lowest BCUT2D eigenvalue weighted by Gasteiger charge is -2.06. The molecule has 2 aromatic heterocycles. The van der Waals surface area contributed by atoms with Crippen molar-refractivity contribution < 1.29 is 22.7 Å². The van der Waals surface area contributed by atoms with Gasteiger partial charge in [0.05, 0.1) is 34.1 Å². The Bertz CT molecular complexity index is 1520. The average Bonchev–Trinajstić information content (AvgIpc) is 3.27. The second kappa shape index (κ2) is 7.41. The van der Waals surface area contributed by atoms with E-state index in [9.17, 15) is 18.0 Å². The molecule has 160 valence electrons. The smallest absolute Gasteiger partial charge is 0.416 e. The number of benzene rings is 3. The molecule has 0 aliphatic carbocycles. The van der Waals surface area contributed by atoms with E-state index >= 15 is 0 Å². The topological polar surface area (TPSA) is 30.7 Å². The summed E-state index contributed by atoms with van der Waals surface area (Å²) in [6, 6.07) is 20.3. The lowest BCUT2D eigenvalue weighted by atomic mass is 10.1. The zero-order valence-electron chi connectivity index (χ0n) is 17.1. The molecule has 0 radical (unpaired) electrons. The van der Waals surface area contributed by atoms with E-state index in [1.807, 2.05) is 59.0 Å². The molecule has 5 rings (SSSR count). The number of hydrogen-bond acceptors (Lipinski definition) is 2. The van der Waals surface area contributed by atoms with Gasteiger partial charge in [-0.3, -0.25) is 0 Å². The van der Waals surface area contributed by atoms with Gasteiger partial charge >= 0.3 is 12.1 Å². The summed E-state index contributed by atoms with van der Waals surface area (Å²) in [5.41, 5.74) is 2.00. The van der Waals surface area contributed by atoms with Gasteiger partial charge in [0, 0.05) is 16.2 Å². The van der Waals surface area contributed by atoms with Crippen LogP contribution >= 0.6 is 0 Å². The van der Waals surface area contributed by atoms with Gasteiger partial charge in [0.2, 0.25) is 0 Å². The molecule has 3 aromatic carbocycles. The fraction of sp³-hybridized carbons (Fsp3) is 0.115. The number of alkyl halides is 3. The minimum absolute atomic E-state index is 0.258. The van der Waals surface area contributed by atoms with Crippen LogP contribution in [0.5, 0.6) is 0 Å². The van der Waals surface area contributed by atoms with Crippen LogP contribution in [0.3, 0.4) is 0 Å². The minimum Gasteiger partial charge on any atom is -0.462 e. The van der Waals surface area contributed by atoms with Crippen molar-refractivity contribution >= 4 is 39.2 Å². The summed E-state index contributed by atoms with van der Waals surface area (Å²) in [5, 5.41) is 3.35. The van der Waals surface area contributed by atoms with E-state index in [2.05, 4.69) is 0 Å². The van der Waals surface area contributed by atoms with Crippen LogP contribution in [0.2, 0.25) is 0 Å². The minimum atomic E-state index is -4.38. The first-order valence-electron chi connectivity index (χ1n) is 10.2. The van der Waals surface area contributed by atoms with Gasteiger partial charge in [-0.2, -0.15) is 13.2 Å². The number of carbonyl (C=O) groups is 1. The standard InChI is InChI=1S/C26H18F3NO2/c1-2-32-25(31)23-20-9-5-6-10-21(20)30-22(18-7-3-4-8-19(18)24(23)30)15-16-11-13-17(14-12-16)26(27,28)29/h3-15H,2H2,1H3/b22-15-. The van der Waals surface area contributed by atoms with Gasteiger partial charge in [-0.25, -0.2) is 4.79 Å². The number of carbonyl (C=O) groups excluding carboxylic acids is 1. The van der Waals surface area contributed by atoms with E-state index < -0.39 is 17.7 Å². The van der Waals surface area contributed by atoms with Crippen LogP contribution in [-0.4, -0.2) is 17.0 Å². The molecule has 2 heterocycles. The summed E-state index contributed by atoms with van der Waals surface area (Å²) >= 11 is 0. The van der Waals surface area contributed by atoms with E-state index in [4.69, 9.17) is 4.74 Å². The third-order valence-electron chi connectivity index (χ3n) is 5.59. The van der Waals surface area contributed by atoms with E-state index in [0.29, 0.717) is 11.1 Å². The lowest BCUT2D eigenvalue weighted by Crippen LogP contribution is -2.09. The number of hydrogen-bond donors (Lipinski definition) is 0. The van der Waals surface area contributed by atoms with Crippen molar-refractivity contribution in [2.24, 2.45) is 0 Å². The average molecular weight is 433 g/mol. The molecule has 0 saturated carbocycles. The maximum atomic E-state index is 13.0. The second-order valence-electron chi connectivity index (χ2n) is 7.49. The molecule has 0 saturated heterocycles. The zero-order valence-corrected chi connectivity index (χ0v) is 17.1. The fourth-order valence-electron chi connectivity index (χ4n) is 4.26. The molecule has 32 heavy (non-hydrogen) atoms. The van der Waals surface area contributed by atoms with Crippen LogP contribution < -0.4 is 5.35 Å². The largest absolute Gasteiger partial charge is 0.462 e. The van der Waals surface area contributed by atoms with Gasteiger partial charge in [0.25, 0.3) is 0 Å². The Labute approximate surface area is 181 Å². The first-order valence-corrected chi connectivity index (χ1v) is 10.2. The van der Waals surface area contributed by atoms with Crippen molar-refractivity contribution in [3.63, 3.8) is 0 Å². The van der Waals surface area contributed by atoms with Crippen LogP contribution in [0.25, 0.3) is 33.3 Å². The molecular formula is C26H18F3NO2. The molecular weight excluding hydrogens is 415 g/mol. The molecule has 0 bridgehead atoms. The number of aromatic nitrogens is 1. The van der Waals surface area contributed by atoms with E-state index in [1.54, 1.807) is 6.92 Å². The summed E-state index contributed by atoms with van der Waals surface area (Å²) in [7, 11) is 0. The maximum Gasteiger partial charge on any atom is 0.416 e. The van der Waals surface area contributed by atoms with Crippen molar-refractivity contribution in [1.29, 1.82) is 0 Å². The van der Waals surface area contributed by atoms with E-state index in [0.717, 1.165) is 44.7 Å². The molecule has 0 aliphatic rings. The van der Waals surface area contributed by atoms with Gasteiger partial charge in [-0.15, -0.1) is 0 Å². The lowest BCUT2D eigenvalue weighted by molar-refractivity contribution is -0.137. The molecule has 6 heteroatoms. The molecule has 0 amide bonds. The van der Waals surface area contributed by atoms with Crippen molar-refractivity contribution in [1.82, 2.24) is 4.40 Å². The highest BCUT2D eigenvalue weighted by Gasteiger charge is 2.30. The molecule has 0 fully saturated rings. The summed E-state index contributed by atoms with van der Waals surface area (Å²) in [6.07, 6.45) is -2.54. The molecule has 0 aliphatic heterocycles. The second-order valence-corrected chi connectivity index (χ2v) is 7.49. The van der Waals surface area contributed by atoms with E-state index in [-0.39, 0.29) is 6.61 Å². The third kappa shape index (κ3) is 3.11. The van der Waals surface area contributed by atoms with Crippen molar-refractivity contribution in [3.05, 3.63) is 94.8 Å². The predicted molar refractivity (Wildman–Crippen MR) is 119 cm³/mol. The van der Waals surface area contributed by atoms with Crippen LogP contribution in [0.4, 0.5) is 13.2 Å². The predicted octanol–water partition coefficient (Wildman–Crippen LogP) is 5.99.